The van der Waals surface area contributed by atoms with Crippen LogP contribution in [-0.4, -0.2) is 21.3 Å². The van der Waals surface area contributed by atoms with Gasteiger partial charge in [-0.05, 0) is 31.4 Å². The lowest BCUT2D eigenvalue weighted by Crippen LogP contribution is -2.19. The molecule has 6 heteroatoms. The van der Waals surface area contributed by atoms with Gasteiger partial charge in [0.2, 0.25) is 0 Å². The van der Waals surface area contributed by atoms with Crippen molar-refractivity contribution in [1.29, 1.82) is 0 Å². The van der Waals surface area contributed by atoms with Crippen LogP contribution in [0.3, 0.4) is 0 Å². The number of phenols is 1. The molecule has 0 saturated heterocycles. The van der Waals surface area contributed by atoms with Gasteiger partial charge in [-0.15, -0.1) is 0 Å². The summed E-state index contributed by atoms with van der Waals surface area (Å²) in [6, 6.07) is 6.44. The van der Waals surface area contributed by atoms with Crippen molar-refractivity contribution in [1.82, 2.24) is 10.2 Å². The number of phenolic OH excluding ortho intramolecular Hbond substituents is 1. The fourth-order valence-corrected chi connectivity index (χ4v) is 1.97. The van der Waals surface area contributed by atoms with Gasteiger partial charge in [0.05, 0.1) is 0 Å². The quantitative estimate of drug-likeness (QED) is 0.692. The lowest BCUT2D eigenvalue weighted by Gasteiger charge is -2.06. The number of hydrogen-bond acceptors (Lipinski definition) is 3. The van der Waals surface area contributed by atoms with Gasteiger partial charge in [0.1, 0.15) is 5.75 Å². The Kier molecular flexibility index (Phi) is 3.06. The first-order chi connectivity index (χ1) is 9.61. The van der Waals surface area contributed by atoms with Gasteiger partial charge in [-0.1, -0.05) is 6.07 Å². The van der Waals surface area contributed by atoms with Crippen molar-refractivity contribution in [2.45, 2.75) is 25.7 Å². The topological polar surface area (TPSA) is 90.0 Å². The van der Waals surface area contributed by atoms with E-state index in [1.807, 2.05) is 6.07 Å². The molecule has 1 aliphatic carbocycles. The second kappa shape index (κ2) is 4.88. The van der Waals surface area contributed by atoms with Crippen LogP contribution in [0.15, 0.2) is 24.3 Å². The van der Waals surface area contributed by atoms with Crippen LogP contribution >= 0.6 is 0 Å². The van der Waals surface area contributed by atoms with Gasteiger partial charge in [0, 0.05) is 29.4 Å². The molecule has 20 heavy (non-hydrogen) atoms. The second-order valence-electron chi connectivity index (χ2n) is 5.06. The summed E-state index contributed by atoms with van der Waals surface area (Å²) in [6.45, 7) is 1.79. The van der Waals surface area contributed by atoms with Gasteiger partial charge >= 0.3 is 6.03 Å². The van der Waals surface area contributed by atoms with Crippen molar-refractivity contribution in [2.75, 3.05) is 10.6 Å². The van der Waals surface area contributed by atoms with E-state index in [1.165, 1.54) is 18.9 Å². The van der Waals surface area contributed by atoms with Crippen molar-refractivity contribution in [3.8, 4) is 5.75 Å². The zero-order valence-electron chi connectivity index (χ0n) is 11.1. The Labute approximate surface area is 116 Å². The van der Waals surface area contributed by atoms with Gasteiger partial charge in [-0.25, -0.2) is 4.79 Å². The van der Waals surface area contributed by atoms with E-state index in [4.69, 9.17) is 0 Å². The Morgan fingerprint density at radius 2 is 2.15 bits per heavy atom. The van der Waals surface area contributed by atoms with E-state index in [2.05, 4.69) is 20.8 Å². The highest BCUT2D eigenvalue weighted by Crippen LogP contribution is 2.39. The molecule has 2 amide bonds. The first-order valence-corrected chi connectivity index (χ1v) is 6.55. The predicted molar refractivity (Wildman–Crippen MR) is 76.0 cm³/mol. The highest BCUT2D eigenvalue weighted by molar-refractivity contribution is 5.99. The van der Waals surface area contributed by atoms with Crippen molar-refractivity contribution >= 4 is 17.5 Å². The van der Waals surface area contributed by atoms with Crippen LogP contribution in [-0.2, 0) is 0 Å². The molecule has 104 valence electrons. The number of carbonyl (C=O) groups excluding carboxylic acids is 1. The molecule has 2 aromatic rings. The highest BCUT2D eigenvalue weighted by Gasteiger charge is 2.25. The number of hydrogen-bond donors (Lipinski definition) is 4. The van der Waals surface area contributed by atoms with Crippen LogP contribution in [0.1, 0.15) is 30.0 Å². The van der Waals surface area contributed by atoms with Crippen LogP contribution in [0.5, 0.6) is 5.75 Å². The molecular weight excluding hydrogens is 256 g/mol. The number of carbonyl (C=O) groups is 1. The van der Waals surface area contributed by atoms with E-state index < -0.39 is 0 Å². The normalized spacial score (nSPS) is 14.1. The maximum Gasteiger partial charge on any atom is 0.324 e. The minimum absolute atomic E-state index is 0.151. The molecule has 1 aromatic heterocycles. The first-order valence-electron chi connectivity index (χ1n) is 6.55. The molecule has 1 aliphatic rings. The van der Waals surface area contributed by atoms with Gasteiger partial charge < -0.3 is 10.4 Å². The Morgan fingerprint density at radius 1 is 1.35 bits per heavy atom. The molecule has 1 saturated carbocycles. The average molecular weight is 272 g/mol. The number of aryl methyl sites for hydroxylation is 1. The number of nitrogens with zero attached hydrogens (tertiary/aromatic N) is 1. The highest BCUT2D eigenvalue weighted by atomic mass is 16.3. The summed E-state index contributed by atoms with van der Waals surface area (Å²) < 4.78 is 0. The summed E-state index contributed by atoms with van der Waals surface area (Å²) in [5, 5.41) is 21.9. The van der Waals surface area contributed by atoms with Gasteiger partial charge in [-0.2, -0.15) is 5.10 Å². The second-order valence-corrected chi connectivity index (χ2v) is 5.06. The number of nitrogens with one attached hydrogen (secondary N) is 3. The van der Waals surface area contributed by atoms with Gasteiger partial charge in [-0.3, -0.25) is 10.4 Å². The third kappa shape index (κ3) is 2.74. The number of benzene rings is 1. The number of aromatic amines is 1. The van der Waals surface area contributed by atoms with E-state index in [0.717, 1.165) is 11.3 Å². The van der Waals surface area contributed by atoms with Crippen molar-refractivity contribution in [3.63, 3.8) is 0 Å². The lowest BCUT2D eigenvalue weighted by atomic mass is 10.2. The van der Waals surface area contributed by atoms with Gasteiger partial charge in [0.25, 0.3) is 0 Å². The standard InChI is InChI=1S/C14H16N4O2/c1-8-2-5-10(6-12(8)19)15-14(20)16-13-7-11(17-18-13)9-3-4-9/h2,5-7,9,19H,3-4H2,1H3,(H3,15,16,17,18,20). The molecule has 0 radical (unpaired) electrons. The van der Waals surface area contributed by atoms with Crippen LogP contribution < -0.4 is 10.6 Å². The number of amides is 2. The Balaban J connectivity index is 1.61. The van der Waals surface area contributed by atoms with E-state index >= 15 is 0 Å². The molecule has 0 unspecified atom stereocenters. The maximum atomic E-state index is 11.8. The number of rotatable bonds is 3. The zero-order valence-corrected chi connectivity index (χ0v) is 11.1. The number of urea groups is 1. The number of aromatic hydroxyl groups is 1. The third-order valence-corrected chi connectivity index (χ3v) is 3.32. The Morgan fingerprint density at radius 3 is 2.85 bits per heavy atom. The summed E-state index contributed by atoms with van der Waals surface area (Å²) in [5.41, 5.74) is 2.36. The van der Waals surface area contributed by atoms with E-state index in [1.54, 1.807) is 19.1 Å². The number of aromatic nitrogens is 2. The van der Waals surface area contributed by atoms with Crippen LogP contribution in [0.25, 0.3) is 0 Å². The molecule has 0 atom stereocenters. The van der Waals surface area contributed by atoms with Crippen LogP contribution in [0, 0.1) is 6.92 Å². The molecule has 0 bridgehead atoms. The smallest absolute Gasteiger partial charge is 0.324 e. The minimum Gasteiger partial charge on any atom is -0.508 e. The summed E-state index contributed by atoms with van der Waals surface area (Å²) in [5.74, 6) is 1.22. The van der Waals surface area contributed by atoms with Crippen molar-refractivity contribution in [3.05, 3.63) is 35.5 Å². The largest absolute Gasteiger partial charge is 0.508 e. The zero-order chi connectivity index (χ0) is 14.1. The Hall–Kier alpha value is -2.50. The van der Waals surface area contributed by atoms with Crippen molar-refractivity contribution < 1.29 is 9.90 Å². The molecule has 0 aliphatic heterocycles. The SMILES string of the molecule is Cc1ccc(NC(=O)Nc2cc(C3CC3)[nH]n2)cc1O. The van der Waals surface area contributed by atoms with E-state index in [-0.39, 0.29) is 11.8 Å². The Bertz CT molecular complexity index is 646. The molecular formula is C14H16N4O2. The third-order valence-electron chi connectivity index (χ3n) is 3.32. The molecule has 4 N–H and O–H groups in total. The van der Waals surface area contributed by atoms with Crippen LogP contribution in [0.4, 0.5) is 16.3 Å². The maximum absolute atomic E-state index is 11.8. The summed E-state index contributed by atoms with van der Waals surface area (Å²) in [7, 11) is 0. The van der Waals surface area contributed by atoms with E-state index in [9.17, 15) is 9.90 Å². The van der Waals surface area contributed by atoms with Crippen molar-refractivity contribution in [2.24, 2.45) is 0 Å². The summed E-state index contributed by atoms with van der Waals surface area (Å²) in [6.07, 6.45) is 2.35. The molecule has 1 fully saturated rings. The molecule has 1 aromatic carbocycles. The average Bonchev–Trinajstić information content (AvgIpc) is 3.15. The number of H-pyrrole nitrogens is 1. The van der Waals surface area contributed by atoms with Crippen LogP contribution in [0.2, 0.25) is 0 Å². The van der Waals surface area contributed by atoms with E-state index in [0.29, 0.717) is 17.4 Å². The van der Waals surface area contributed by atoms with Gasteiger partial charge in [0.15, 0.2) is 5.82 Å². The first kappa shape index (κ1) is 12.5. The fourth-order valence-electron chi connectivity index (χ4n) is 1.97. The summed E-state index contributed by atoms with van der Waals surface area (Å²) in [4.78, 5) is 11.8. The molecule has 3 rings (SSSR count). The molecule has 0 spiro atoms. The predicted octanol–water partition coefficient (Wildman–Crippen LogP) is 2.95. The molecule has 6 nitrogen and oxygen atoms in total. The lowest BCUT2D eigenvalue weighted by molar-refractivity contribution is 0.262. The summed E-state index contributed by atoms with van der Waals surface area (Å²) >= 11 is 0. The minimum atomic E-state index is -0.387. The monoisotopic (exact) mass is 272 g/mol. The molecule has 1 heterocycles. The fraction of sp³-hybridized carbons (Fsp3) is 0.286. The number of anilines is 2.